The van der Waals surface area contributed by atoms with Gasteiger partial charge in [-0.25, -0.2) is 4.98 Å². The predicted molar refractivity (Wildman–Crippen MR) is 150 cm³/mol. The molecule has 3 heterocycles. The van der Waals surface area contributed by atoms with Crippen LogP contribution in [0.25, 0.3) is 22.2 Å². The van der Waals surface area contributed by atoms with Crippen molar-refractivity contribution >= 4 is 46.1 Å². The molecule has 0 aliphatic carbocycles. The van der Waals surface area contributed by atoms with Crippen LogP contribution in [0.15, 0.2) is 35.8 Å². The molecule has 0 bridgehead atoms. The maximum Gasteiger partial charge on any atom is 0.260 e. The number of ether oxygens (including phenoxy) is 2. The highest BCUT2D eigenvalue weighted by molar-refractivity contribution is 6.41. The van der Waals surface area contributed by atoms with Gasteiger partial charge in [-0.05, 0) is 31.0 Å². The van der Waals surface area contributed by atoms with E-state index in [1.54, 1.807) is 29.9 Å². The summed E-state index contributed by atoms with van der Waals surface area (Å²) in [5.74, 6) is 1.23. The van der Waals surface area contributed by atoms with Crippen LogP contribution in [0.4, 0.5) is 5.95 Å². The maximum absolute atomic E-state index is 14.0. The highest BCUT2D eigenvalue weighted by Gasteiger charge is 2.25. The van der Waals surface area contributed by atoms with E-state index in [4.69, 9.17) is 32.7 Å². The molecule has 1 fully saturated rings. The number of carbonyl (C=O) groups is 1. The zero-order valence-electron chi connectivity index (χ0n) is 21.5. The maximum atomic E-state index is 14.0. The lowest BCUT2D eigenvalue weighted by Gasteiger charge is -2.20. The fourth-order valence-corrected chi connectivity index (χ4v) is 5.33. The van der Waals surface area contributed by atoms with Gasteiger partial charge < -0.3 is 25.0 Å². The molecule has 1 unspecified atom stereocenters. The second-order valence-electron chi connectivity index (χ2n) is 8.93. The number of likely N-dealkylation sites (tertiary alicyclic amines) is 1. The van der Waals surface area contributed by atoms with Crippen molar-refractivity contribution in [2.75, 3.05) is 52.8 Å². The van der Waals surface area contributed by atoms with Crippen LogP contribution in [0.2, 0.25) is 10.0 Å². The van der Waals surface area contributed by atoms with E-state index in [2.05, 4.69) is 32.1 Å². The Morgan fingerprint density at radius 2 is 1.92 bits per heavy atom. The molecule has 202 valence electrons. The molecule has 2 aromatic heterocycles. The largest absolute Gasteiger partial charge is 0.495 e. The summed E-state index contributed by atoms with van der Waals surface area (Å²) in [6.07, 6.45) is 3.88. The normalized spacial score (nSPS) is 15.4. The van der Waals surface area contributed by atoms with Crippen LogP contribution < -0.4 is 25.7 Å². The van der Waals surface area contributed by atoms with Gasteiger partial charge in [-0.2, -0.15) is 4.98 Å². The number of methoxy groups -OCH3 is 2. The zero-order chi connectivity index (χ0) is 27.4. The third kappa shape index (κ3) is 5.57. The van der Waals surface area contributed by atoms with Crippen LogP contribution >= 0.6 is 23.2 Å². The molecule has 1 aliphatic heterocycles. The van der Waals surface area contributed by atoms with E-state index in [1.165, 1.54) is 20.3 Å². The number of benzene rings is 1. The molecule has 1 atom stereocenters. The van der Waals surface area contributed by atoms with Crippen LogP contribution in [-0.2, 0) is 11.3 Å². The van der Waals surface area contributed by atoms with E-state index in [1.807, 2.05) is 0 Å². The van der Waals surface area contributed by atoms with Gasteiger partial charge in [-0.15, -0.1) is 0 Å². The van der Waals surface area contributed by atoms with Gasteiger partial charge in [-0.1, -0.05) is 29.8 Å². The Kier molecular flexibility index (Phi) is 8.76. The number of rotatable bonds is 10. The van der Waals surface area contributed by atoms with Gasteiger partial charge >= 0.3 is 0 Å². The van der Waals surface area contributed by atoms with Gasteiger partial charge in [0.25, 0.3) is 5.56 Å². The van der Waals surface area contributed by atoms with Crippen LogP contribution in [0.5, 0.6) is 11.5 Å². The molecular weight excluding hydrogens is 531 g/mol. The number of halogens is 2. The lowest BCUT2D eigenvalue weighted by atomic mass is 10.0. The summed E-state index contributed by atoms with van der Waals surface area (Å²) in [6, 6.07) is 3.27. The van der Waals surface area contributed by atoms with Crippen molar-refractivity contribution in [3.05, 3.63) is 51.4 Å². The van der Waals surface area contributed by atoms with Gasteiger partial charge in [0.1, 0.15) is 17.1 Å². The molecule has 4 rings (SSSR count). The van der Waals surface area contributed by atoms with Gasteiger partial charge in [-0.3, -0.25) is 14.2 Å². The third-order valence-electron chi connectivity index (χ3n) is 6.65. The average molecular weight is 561 g/mol. The molecule has 0 spiro atoms. The highest BCUT2D eigenvalue weighted by Crippen LogP contribution is 2.45. The second-order valence-corrected chi connectivity index (χ2v) is 9.68. The molecular formula is C26H30Cl2N6O4. The summed E-state index contributed by atoms with van der Waals surface area (Å²) in [4.78, 5) is 36.7. The number of nitrogens with one attached hydrogen (secondary N) is 2. The quantitative estimate of drug-likeness (QED) is 0.363. The first-order valence-electron chi connectivity index (χ1n) is 12.1. The van der Waals surface area contributed by atoms with E-state index in [0.29, 0.717) is 59.6 Å². The Balaban J connectivity index is 1.73. The fraction of sp³-hybridized carbons (Fsp3) is 0.385. The topological polar surface area (TPSA) is 111 Å². The molecule has 0 saturated carbocycles. The highest BCUT2D eigenvalue weighted by atomic mass is 35.5. The SMILES string of the molecule is C=CC(=O)NCC1CCN(CCn2c(=O)c(-c3c(Cl)c(OC)cc(OC)c3Cl)cc3cnc(NC)nc32)C1. The van der Waals surface area contributed by atoms with Gasteiger partial charge in [0.15, 0.2) is 0 Å². The van der Waals surface area contributed by atoms with Crippen molar-refractivity contribution < 1.29 is 14.3 Å². The second kappa shape index (κ2) is 12.0. The summed E-state index contributed by atoms with van der Waals surface area (Å²) in [6.45, 7) is 6.75. The van der Waals surface area contributed by atoms with Crippen LogP contribution in [0, 0.1) is 5.92 Å². The molecule has 1 aliphatic rings. The molecule has 2 N–H and O–H groups in total. The number of fused-ring (bicyclic) bond motifs is 1. The van der Waals surface area contributed by atoms with Gasteiger partial charge in [0.2, 0.25) is 11.9 Å². The third-order valence-corrected chi connectivity index (χ3v) is 7.40. The lowest BCUT2D eigenvalue weighted by Crippen LogP contribution is -2.33. The predicted octanol–water partition coefficient (Wildman–Crippen LogP) is 3.45. The fourth-order valence-electron chi connectivity index (χ4n) is 4.63. The zero-order valence-corrected chi connectivity index (χ0v) is 23.0. The van der Waals surface area contributed by atoms with E-state index in [9.17, 15) is 9.59 Å². The minimum atomic E-state index is -0.300. The molecule has 0 radical (unpaired) electrons. The summed E-state index contributed by atoms with van der Waals surface area (Å²) < 4.78 is 12.4. The Morgan fingerprint density at radius 1 is 1.21 bits per heavy atom. The first-order chi connectivity index (χ1) is 18.3. The Morgan fingerprint density at radius 3 is 2.55 bits per heavy atom. The number of aromatic nitrogens is 3. The molecule has 1 amide bonds. The van der Waals surface area contributed by atoms with Gasteiger partial charge in [0.05, 0.1) is 29.8 Å². The summed E-state index contributed by atoms with van der Waals surface area (Å²) in [5.41, 5.74) is 0.805. The Labute approximate surface area is 230 Å². The molecule has 38 heavy (non-hydrogen) atoms. The van der Waals surface area contributed by atoms with Gasteiger partial charge in [0, 0.05) is 56.4 Å². The van der Waals surface area contributed by atoms with Crippen molar-refractivity contribution in [3.8, 4) is 22.6 Å². The summed E-state index contributed by atoms with van der Waals surface area (Å²) in [7, 11) is 4.68. The number of anilines is 1. The number of hydrogen-bond donors (Lipinski definition) is 2. The molecule has 1 saturated heterocycles. The van der Waals surface area contributed by atoms with E-state index < -0.39 is 0 Å². The van der Waals surface area contributed by atoms with E-state index in [0.717, 1.165) is 19.5 Å². The summed E-state index contributed by atoms with van der Waals surface area (Å²) in [5, 5.41) is 6.85. The number of carbonyl (C=O) groups excluding carboxylic acids is 1. The van der Waals surface area contributed by atoms with Crippen LogP contribution in [0.1, 0.15) is 6.42 Å². The molecule has 3 aromatic rings. The van der Waals surface area contributed by atoms with Crippen LogP contribution in [0.3, 0.4) is 0 Å². The monoisotopic (exact) mass is 560 g/mol. The lowest BCUT2D eigenvalue weighted by molar-refractivity contribution is -0.116. The number of pyridine rings is 1. The average Bonchev–Trinajstić information content (AvgIpc) is 3.39. The molecule has 10 nitrogen and oxygen atoms in total. The minimum Gasteiger partial charge on any atom is -0.495 e. The number of hydrogen-bond acceptors (Lipinski definition) is 8. The van der Waals surface area contributed by atoms with Crippen molar-refractivity contribution in [3.63, 3.8) is 0 Å². The first-order valence-corrected chi connectivity index (χ1v) is 12.9. The van der Waals surface area contributed by atoms with Crippen molar-refractivity contribution in [2.45, 2.75) is 13.0 Å². The molecule has 1 aromatic carbocycles. The van der Waals surface area contributed by atoms with Crippen molar-refractivity contribution in [1.82, 2.24) is 24.8 Å². The number of nitrogens with zero attached hydrogens (tertiary/aromatic N) is 4. The van der Waals surface area contributed by atoms with Crippen LogP contribution in [-0.4, -0.2) is 72.8 Å². The Hall–Kier alpha value is -3.34. The van der Waals surface area contributed by atoms with Crippen molar-refractivity contribution in [1.29, 1.82) is 0 Å². The summed E-state index contributed by atoms with van der Waals surface area (Å²) >= 11 is 13.3. The standard InChI is InChI=1S/C26H30Cl2N6O4/c1-5-20(35)30-12-15-6-7-33(14-15)8-9-34-24-16(13-31-26(29-2)32-24)10-17(25(34)36)21-22(27)18(37-3)11-19(38-4)23(21)28/h5,10-11,13,15H,1,6-9,12,14H2,2-4H3,(H,30,35)(H,29,31,32). The first kappa shape index (κ1) is 27.7. The smallest absolute Gasteiger partial charge is 0.260 e. The van der Waals surface area contributed by atoms with Crippen molar-refractivity contribution in [2.24, 2.45) is 5.92 Å². The Bertz CT molecular complexity index is 1400. The van der Waals surface area contributed by atoms with E-state index in [-0.39, 0.29) is 27.1 Å². The number of amides is 1. The van der Waals surface area contributed by atoms with E-state index >= 15 is 0 Å². The minimum absolute atomic E-state index is 0.176. The molecule has 12 heteroatoms.